The first kappa shape index (κ1) is 17.4. The summed E-state index contributed by atoms with van der Waals surface area (Å²) in [7, 11) is 0. The van der Waals surface area contributed by atoms with Gasteiger partial charge in [0.1, 0.15) is 0 Å². The Morgan fingerprint density at radius 3 is 2.60 bits per heavy atom. The summed E-state index contributed by atoms with van der Waals surface area (Å²) in [6, 6.07) is 12.4. The van der Waals surface area contributed by atoms with Gasteiger partial charge in [0.05, 0.1) is 11.8 Å². The molecular weight excluding hydrogens is 364 g/mol. The lowest BCUT2D eigenvalue weighted by molar-refractivity contribution is 0.252. The molecule has 0 fully saturated rings. The predicted molar refractivity (Wildman–Crippen MR) is 92.8 cm³/mol. The van der Waals surface area contributed by atoms with Gasteiger partial charge >= 0.3 is 0 Å². The SMILES string of the molecule is N#CCSc1nnc(-c2cccnc2)n1-c1ccc(SC(F)F)cc1. The van der Waals surface area contributed by atoms with E-state index in [4.69, 9.17) is 5.26 Å². The molecule has 2 aromatic heterocycles. The minimum Gasteiger partial charge on any atom is -0.270 e. The van der Waals surface area contributed by atoms with Crippen molar-refractivity contribution in [3.63, 3.8) is 0 Å². The van der Waals surface area contributed by atoms with E-state index in [1.807, 2.05) is 6.07 Å². The van der Waals surface area contributed by atoms with Gasteiger partial charge in [-0.3, -0.25) is 9.55 Å². The predicted octanol–water partition coefficient (Wildman–Crippen LogP) is 4.26. The average Bonchev–Trinajstić information content (AvgIpc) is 3.05. The molecule has 1 aromatic carbocycles. The Kier molecular flexibility index (Phi) is 5.63. The van der Waals surface area contributed by atoms with Gasteiger partial charge in [-0.05, 0) is 36.4 Å². The van der Waals surface area contributed by atoms with Crippen molar-refractivity contribution < 1.29 is 8.78 Å². The third kappa shape index (κ3) is 4.15. The number of nitrogens with zero attached hydrogens (tertiary/aromatic N) is 5. The van der Waals surface area contributed by atoms with Gasteiger partial charge in [0.15, 0.2) is 11.0 Å². The Hall–Kier alpha value is -2.44. The highest BCUT2D eigenvalue weighted by Gasteiger charge is 2.16. The first-order valence-corrected chi connectivity index (χ1v) is 8.96. The quantitative estimate of drug-likeness (QED) is 0.600. The fraction of sp³-hybridized carbons (Fsp3) is 0.125. The van der Waals surface area contributed by atoms with Gasteiger partial charge in [0.25, 0.3) is 5.76 Å². The molecular formula is C16H11F2N5S2. The number of aromatic nitrogens is 4. The van der Waals surface area contributed by atoms with E-state index < -0.39 is 5.76 Å². The number of hydrogen-bond acceptors (Lipinski definition) is 6. The van der Waals surface area contributed by atoms with E-state index in [-0.39, 0.29) is 5.75 Å². The van der Waals surface area contributed by atoms with Crippen molar-refractivity contribution >= 4 is 23.5 Å². The number of pyridine rings is 1. The Bertz CT molecular complexity index is 876. The van der Waals surface area contributed by atoms with Crippen molar-refractivity contribution in [2.24, 2.45) is 0 Å². The first-order valence-electron chi connectivity index (χ1n) is 7.10. The summed E-state index contributed by atoms with van der Waals surface area (Å²) in [6.45, 7) is 0. The summed E-state index contributed by atoms with van der Waals surface area (Å²) in [6.07, 6.45) is 3.33. The molecule has 3 aromatic rings. The summed E-state index contributed by atoms with van der Waals surface area (Å²) in [5.74, 6) is -1.67. The van der Waals surface area contributed by atoms with Crippen LogP contribution in [0.25, 0.3) is 17.1 Å². The van der Waals surface area contributed by atoms with Crippen LogP contribution in [0.1, 0.15) is 0 Å². The lowest BCUT2D eigenvalue weighted by atomic mass is 10.2. The number of alkyl halides is 2. The standard InChI is InChI=1S/C16H11F2N5S2/c17-15(18)25-13-5-3-12(4-6-13)23-14(11-2-1-8-20-10-11)21-22-16(23)24-9-7-19/h1-6,8,10,15H,9H2. The van der Waals surface area contributed by atoms with E-state index in [2.05, 4.69) is 21.3 Å². The van der Waals surface area contributed by atoms with Crippen LogP contribution >= 0.6 is 23.5 Å². The van der Waals surface area contributed by atoms with Gasteiger partial charge in [-0.1, -0.05) is 23.5 Å². The van der Waals surface area contributed by atoms with Crippen molar-refractivity contribution in [3.05, 3.63) is 48.8 Å². The minimum atomic E-state index is -2.46. The molecule has 0 atom stereocenters. The summed E-state index contributed by atoms with van der Waals surface area (Å²) in [4.78, 5) is 4.56. The van der Waals surface area contributed by atoms with Crippen LogP contribution < -0.4 is 0 Å². The van der Waals surface area contributed by atoms with Crippen LogP contribution in [0.5, 0.6) is 0 Å². The normalized spacial score (nSPS) is 10.8. The maximum atomic E-state index is 12.5. The van der Waals surface area contributed by atoms with Gasteiger partial charge < -0.3 is 0 Å². The number of hydrogen-bond donors (Lipinski definition) is 0. The molecule has 5 nitrogen and oxygen atoms in total. The molecule has 0 N–H and O–H groups in total. The highest BCUT2D eigenvalue weighted by molar-refractivity contribution is 7.99. The van der Waals surface area contributed by atoms with E-state index in [9.17, 15) is 8.78 Å². The van der Waals surface area contributed by atoms with Gasteiger partial charge in [-0.15, -0.1) is 10.2 Å². The van der Waals surface area contributed by atoms with Crippen LogP contribution in [0.3, 0.4) is 0 Å². The zero-order chi connectivity index (χ0) is 17.6. The Morgan fingerprint density at radius 1 is 1.16 bits per heavy atom. The smallest absolute Gasteiger partial charge is 0.270 e. The van der Waals surface area contributed by atoms with Crippen LogP contribution in [-0.2, 0) is 0 Å². The molecule has 3 rings (SSSR count). The number of rotatable bonds is 6. The molecule has 2 heterocycles. The fourth-order valence-corrected chi connectivity index (χ4v) is 3.26. The number of thioether (sulfide) groups is 2. The molecule has 0 bridgehead atoms. The van der Waals surface area contributed by atoms with Crippen LogP contribution in [0, 0.1) is 11.3 Å². The van der Waals surface area contributed by atoms with Crippen molar-refractivity contribution in [2.75, 3.05) is 5.75 Å². The maximum absolute atomic E-state index is 12.5. The van der Waals surface area contributed by atoms with E-state index in [1.54, 1.807) is 47.3 Å². The molecule has 9 heteroatoms. The molecule has 0 radical (unpaired) electrons. The van der Waals surface area contributed by atoms with Gasteiger partial charge in [-0.2, -0.15) is 14.0 Å². The summed E-state index contributed by atoms with van der Waals surface area (Å²) < 4.78 is 26.7. The van der Waals surface area contributed by atoms with Gasteiger partial charge in [-0.25, -0.2) is 0 Å². The van der Waals surface area contributed by atoms with Crippen LogP contribution in [0.15, 0.2) is 58.8 Å². The highest BCUT2D eigenvalue weighted by Crippen LogP contribution is 2.30. The van der Waals surface area contributed by atoms with E-state index in [0.29, 0.717) is 27.6 Å². The zero-order valence-corrected chi connectivity index (χ0v) is 14.3. The van der Waals surface area contributed by atoms with E-state index in [0.717, 1.165) is 11.3 Å². The second-order valence-corrected chi connectivity index (χ2v) is 6.71. The Morgan fingerprint density at radius 2 is 1.96 bits per heavy atom. The second kappa shape index (κ2) is 8.09. The monoisotopic (exact) mass is 375 g/mol. The van der Waals surface area contributed by atoms with Crippen LogP contribution in [-0.4, -0.2) is 31.3 Å². The summed E-state index contributed by atoms with van der Waals surface area (Å²) >= 11 is 1.75. The third-order valence-corrected chi connectivity index (χ3v) is 4.66. The van der Waals surface area contributed by atoms with Crippen LogP contribution in [0.4, 0.5) is 8.78 Å². The number of halogens is 2. The molecule has 0 spiro atoms. The molecule has 25 heavy (non-hydrogen) atoms. The minimum absolute atomic E-state index is 0.227. The zero-order valence-electron chi connectivity index (χ0n) is 12.7. The fourth-order valence-electron chi connectivity index (χ4n) is 2.15. The van der Waals surface area contributed by atoms with E-state index >= 15 is 0 Å². The van der Waals surface area contributed by atoms with Crippen molar-refractivity contribution in [1.82, 2.24) is 19.7 Å². The van der Waals surface area contributed by atoms with Crippen molar-refractivity contribution in [2.45, 2.75) is 15.8 Å². The second-order valence-electron chi connectivity index (χ2n) is 4.70. The largest absolute Gasteiger partial charge is 0.288 e. The molecule has 0 saturated carbocycles. The molecule has 126 valence electrons. The first-order chi connectivity index (χ1) is 12.2. The lowest BCUT2D eigenvalue weighted by Crippen LogP contribution is -2.00. The maximum Gasteiger partial charge on any atom is 0.288 e. The summed E-state index contributed by atoms with van der Waals surface area (Å²) in [5, 5.41) is 17.7. The topological polar surface area (TPSA) is 67.4 Å². The van der Waals surface area contributed by atoms with Gasteiger partial charge in [0, 0.05) is 28.5 Å². The molecule has 0 aliphatic rings. The molecule has 0 aliphatic carbocycles. The van der Waals surface area contributed by atoms with Crippen molar-refractivity contribution in [1.29, 1.82) is 5.26 Å². The third-order valence-electron chi connectivity index (χ3n) is 3.14. The van der Waals surface area contributed by atoms with E-state index in [1.165, 1.54) is 11.8 Å². The molecule has 0 aliphatic heterocycles. The molecule has 0 unspecified atom stereocenters. The van der Waals surface area contributed by atoms with Gasteiger partial charge in [0.2, 0.25) is 0 Å². The Labute approximate surface area is 151 Å². The number of nitriles is 1. The average molecular weight is 375 g/mol. The molecule has 0 amide bonds. The van der Waals surface area contributed by atoms with Crippen molar-refractivity contribution in [3.8, 4) is 23.1 Å². The molecule has 0 saturated heterocycles. The Balaban J connectivity index is 2.03. The summed E-state index contributed by atoms with van der Waals surface area (Å²) in [5.41, 5.74) is 1.49. The number of benzene rings is 1. The van der Waals surface area contributed by atoms with Crippen LogP contribution in [0.2, 0.25) is 0 Å². The lowest BCUT2D eigenvalue weighted by Gasteiger charge is -2.10. The highest BCUT2D eigenvalue weighted by atomic mass is 32.2.